The standard InChI is InChI=1S/C15H19N3/c1-11(2)18-14-9-8-13(10-17-14)15(16)12-6-4-3-5-7-12/h3-11,15H,16H2,1-2H3,(H,17,18)/t15-/m1/s1. The van der Waals surface area contributed by atoms with Crippen molar-refractivity contribution in [2.45, 2.75) is 25.9 Å². The summed E-state index contributed by atoms with van der Waals surface area (Å²) in [7, 11) is 0. The normalized spacial score (nSPS) is 12.4. The molecule has 1 aromatic heterocycles. The summed E-state index contributed by atoms with van der Waals surface area (Å²) >= 11 is 0. The Morgan fingerprint density at radius 1 is 1.00 bits per heavy atom. The maximum Gasteiger partial charge on any atom is 0.126 e. The topological polar surface area (TPSA) is 50.9 Å². The van der Waals surface area contributed by atoms with Crippen molar-refractivity contribution in [2.24, 2.45) is 5.73 Å². The zero-order chi connectivity index (χ0) is 13.0. The molecule has 0 aliphatic rings. The van der Waals surface area contributed by atoms with Crippen LogP contribution < -0.4 is 11.1 Å². The Labute approximate surface area is 108 Å². The largest absolute Gasteiger partial charge is 0.368 e. The minimum Gasteiger partial charge on any atom is -0.368 e. The lowest BCUT2D eigenvalue weighted by Gasteiger charge is -2.14. The molecule has 0 aliphatic heterocycles. The van der Waals surface area contributed by atoms with Gasteiger partial charge in [0.25, 0.3) is 0 Å². The molecule has 3 heteroatoms. The minimum atomic E-state index is -0.119. The number of nitrogens with two attached hydrogens (primary N) is 1. The van der Waals surface area contributed by atoms with Crippen LogP contribution in [0.2, 0.25) is 0 Å². The predicted molar refractivity (Wildman–Crippen MR) is 75.5 cm³/mol. The summed E-state index contributed by atoms with van der Waals surface area (Å²) in [6, 6.07) is 14.3. The van der Waals surface area contributed by atoms with Gasteiger partial charge in [-0.1, -0.05) is 36.4 Å². The van der Waals surface area contributed by atoms with Crippen LogP contribution in [-0.4, -0.2) is 11.0 Å². The van der Waals surface area contributed by atoms with E-state index in [1.807, 2.05) is 48.7 Å². The molecule has 18 heavy (non-hydrogen) atoms. The van der Waals surface area contributed by atoms with E-state index in [1.165, 1.54) is 0 Å². The van der Waals surface area contributed by atoms with E-state index < -0.39 is 0 Å². The third kappa shape index (κ3) is 3.08. The van der Waals surface area contributed by atoms with E-state index in [4.69, 9.17) is 5.73 Å². The molecule has 0 saturated carbocycles. The van der Waals surface area contributed by atoms with E-state index >= 15 is 0 Å². The fourth-order valence-electron chi connectivity index (χ4n) is 1.82. The molecule has 3 N–H and O–H groups in total. The van der Waals surface area contributed by atoms with Gasteiger partial charge >= 0.3 is 0 Å². The summed E-state index contributed by atoms with van der Waals surface area (Å²) in [6.07, 6.45) is 1.84. The van der Waals surface area contributed by atoms with Gasteiger partial charge in [-0.05, 0) is 31.0 Å². The van der Waals surface area contributed by atoms with Crippen molar-refractivity contribution in [3.63, 3.8) is 0 Å². The molecule has 0 unspecified atom stereocenters. The number of rotatable bonds is 4. The van der Waals surface area contributed by atoms with E-state index in [1.54, 1.807) is 0 Å². The Kier molecular flexibility index (Phi) is 3.95. The van der Waals surface area contributed by atoms with Crippen molar-refractivity contribution < 1.29 is 0 Å². The van der Waals surface area contributed by atoms with Gasteiger partial charge in [-0.15, -0.1) is 0 Å². The summed E-state index contributed by atoms with van der Waals surface area (Å²) in [4.78, 5) is 4.37. The number of anilines is 1. The lowest BCUT2D eigenvalue weighted by Crippen LogP contribution is -2.14. The summed E-state index contributed by atoms with van der Waals surface area (Å²) in [6.45, 7) is 4.18. The average Bonchev–Trinajstić information content (AvgIpc) is 2.39. The highest BCUT2D eigenvalue weighted by molar-refractivity contribution is 5.39. The first kappa shape index (κ1) is 12.6. The van der Waals surface area contributed by atoms with E-state index in [-0.39, 0.29) is 6.04 Å². The number of hydrogen-bond acceptors (Lipinski definition) is 3. The molecule has 0 spiro atoms. The van der Waals surface area contributed by atoms with Crippen LogP contribution in [0, 0.1) is 0 Å². The quantitative estimate of drug-likeness (QED) is 0.865. The summed E-state index contributed by atoms with van der Waals surface area (Å²) in [5.41, 5.74) is 8.33. The first-order valence-corrected chi connectivity index (χ1v) is 6.20. The van der Waals surface area contributed by atoms with Gasteiger partial charge in [0, 0.05) is 12.2 Å². The third-order valence-electron chi connectivity index (χ3n) is 2.74. The number of nitrogens with one attached hydrogen (secondary N) is 1. The van der Waals surface area contributed by atoms with Crippen LogP contribution >= 0.6 is 0 Å². The molecule has 94 valence electrons. The van der Waals surface area contributed by atoms with Crippen molar-refractivity contribution in [3.05, 3.63) is 59.8 Å². The van der Waals surface area contributed by atoms with Crippen LogP contribution in [-0.2, 0) is 0 Å². The number of hydrogen-bond donors (Lipinski definition) is 2. The van der Waals surface area contributed by atoms with Gasteiger partial charge in [0.2, 0.25) is 0 Å². The average molecular weight is 241 g/mol. The van der Waals surface area contributed by atoms with Crippen LogP contribution in [0.25, 0.3) is 0 Å². The zero-order valence-electron chi connectivity index (χ0n) is 10.8. The van der Waals surface area contributed by atoms with Gasteiger partial charge in [0.15, 0.2) is 0 Å². The van der Waals surface area contributed by atoms with E-state index in [0.29, 0.717) is 6.04 Å². The van der Waals surface area contributed by atoms with Crippen molar-refractivity contribution in [1.82, 2.24) is 4.98 Å². The van der Waals surface area contributed by atoms with Crippen molar-refractivity contribution in [2.75, 3.05) is 5.32 Å². The van der Waals surface area contributed by atoms with Crippen LogP contribution in [0.3, 0.4) is 0 Å². The van der Waals surface area contributed by atoms with Gasteiger partial charge in [-0.2, -0.15) is 0 Å². The number of nitrogens with zero attached hydrogens (tertiary/aromatic N) is 1. The molecule has 1 heterocycles. The van der Waals surface area contributed by atoms with Crippen LogP contribution in [0.5, 0.6) is 0 Å². The molecule has 0 aliphatic carbocycles. The molecule has 0 fully saturated rings. The van der Waals surface area contributed by atoms with E-state index in [9.17, 15) is 0 Å². The number of aromatic nitrogens is 1. The molecular weight excluding hydrogens is 222 g/mol. The van der Waals surface area contributed by atoms with Crippen molar-refractivity contribution in [3.8, 4) is 0 Å². The lowest BCUT2D eigenvalue weighted by molar-refractivity contribution is 0.855. The summed E-state index contributed by atoms with van der Waals surface area (Å²) < 4.78 is 0. The Morgan fingerprint density at radius 3 is 2.28 bits per heavy atom. The van der Waals surface area contributed by atoms with E-state index in [2.05, 4.69) is 24.1 Å². The zero-order valence-corrected chi connectivity index (χ0v) is 10.8. The fourth-order valence-corrected chi connectivity index (χ4v) is 1.82. The van der Waals surface area contributed by atoms with Gasteiger partial charge in [0.1, 0.15) is 5.82 Å². The smallest absolute Gasteiger partial charge is 0.126 e. The SMILES string of the molecule is CC(C)Nc1ccc([C@H](N)c2ccccc2)cn1. The highest BCUT2D eigenvalue weighted by Crippen LogP contribution is 2.19. The second kappa shape index (κ2) is 5.65. The Balaban J connectivity index is 2.14. The highest BCUT2D eigenvalue weighted by atomic mass is 15.0. The van der Waals surface area contributed by atoms with Crippen molar-refractivity contribution >= 4 is 5.82 Å². The molecule has 0 saturated heterocycles. The second-order valence-electron chi connectivity index (χ2n) is 4.66. The molecule has 0 bridgehead atoms. The molecular formula is C15H19N3. The van der Waals surface area contributed by atoms with Crippen LogP contribution in [0.15, 0.2) is 48.7 Å². The minimum absolute atomic E-state index is 0.119. The molecule has 0 radical (unpaired) electrons. The van der Waals surface area contributed by atoms with Crippen LogP contribution in [0.4, 0.5) is 5.82 Å². The lowest BCUT2D eigenvalue weighted by atomic mass is 10.0. The third-order valence-corrected chi connectivity index (χ3v) is 2.74. The molecule has 3 nitrogen and oxygen atoms in total. The Morgan fingerprint density at radius 2 is 1.72 bits per heavy atom. The first-order valence-electron chi connectivity index (χ1n) is 6.20. The van der Waals surface area contributed by atoms with Gasteiger partial charge < -0.3 is 11.1 Å². The monoisotopic (exact) mass is 241 g/mol. The Bertz CT molecular complexity index is 477. The second-order valence-corrected chi connectivity index (χ2v) is 4.66. The van der Waals surface area contributed by atoms with Gasteiger partial charge in [-0.25, -0.2) is 4.98 Å². The number of benzene rings is 1. The fraction of sp³-hybridized carbons (Fsp3) is 0.267. The molecule has 1 atom stereocenters. The van der Waals surface area contributed by atoms with Gasteiger partial charge in [0.05, 0.1) is 6.04 Å². The molecule has 1 aromatic carbocycles. The first-order chi connectivity index (χ1) is 8.66. The van der Waals surface area contributed by atoms with Crippen molar-refractivity contribution in [1.29, 1.82) is 0 Å². The predicted octanol–water partition coefficient (Wildman–Crippen LogP) is 2.95. The number of pyridine rings is 1. The maximum absolute atomic E-state index is 6.21. The Hall–Kier alpha value is -1.87. The maximum atomic E-state index is 6.21. The summed E-state index contributed by atoms with van der Waals surface area (Å²) in [5.74, 6) is 0.883. The van der Waals surface area contributed by atoms with Crippen LogP contribution in [0.1, 0.15) is 31.0 Å². The molecule has 0 amide bonds. The van der Waals surface area contributed by atoms with Gasteiger partial charge in [-0.3, -0.25) is 0 Å². The summed E-state index contributed by atoms with van der Waals surface area (Å²) in [5, 5.41) is 3.26. The molecule has 2 rings (SSSR count). The van der Waals surface area contributed by atoms with E-state index in [0.717, 1.165) is 16.9 Å². The highest BCUT2D eigenvalue weighted by Gasteiger charge is 2.08. The molecule has 2 aromatic rings.